The third-order valence-electron chi connectivity index (χ3n) is 5.04. The average molecular weight is 391 g/mol. The van der Waals surface area contributed by atoms with Gasteiger partial charge in [0.05, 0.1) is 30.2 Å². The van der Waals surface area contributed by atoms with E-state index in [1.807, 2.05) is 6.07 Å². The topological polar surface area (TPSA) is 111 Å². The molecule has 1 fully saturated rings. The van der Waals surface area contributed by atoms with Crippen molar-refractivity contribution in [3.63, 3.8) is 0 Å². The van der Waals surface area contributed by atoms with Crippen molar-refractivity contribution >= 4 is 11.7 Å². The number of hydrogen-bond donors (Lipinski definition) is 2. The summed E-state index contributed by atoms with van der Waals surface area (Å²) >= 11 is 0. The first-order chi connectivity index (χ1) is 14.1. The van der Waals surface area contributed by atoms with Crippen molar-refractivity contribution in [1.82, 2.24) is 25.1 Å². The van der Waals surface area contributed by atoms with Crippen molar-refractivity contribution in [2.75, 3.05) is 18.4 Å². The lowest BCUT2D eigenvalue weighted by atomic mass is 9.85. The van der Waals surface area contributed by atoms with E-state index in [2.05, 4.69) is 25.5 Å². The molecular formula is C20H18FN7O. The fourth-order valence-electron chi connectivity index (χ4n) is 3.59. The van der Waals surface area contributed by atoms with Gasteiger partial charge in [0.2, 0.25) is 0 Å². The van der Waals surface area contributed by atoms with Gasteiger partial charge in [0.1, 0.15) is 17.7 Å². The summed E-state index contributed by atoms with van der Waals surface area (Å²) < 4.78 is 13.4. The van der Waals surface area contributed by atoms with Crippen LogP contribution in [0.15, 0.2) is 49.1 Å². The van der Waals surface area contributed by atoms with Gasteiger partial charge in [0, 0.05) is 25.2 Å². The van der Waals surface area contributed by atoms with Gasteiger partial charge in [-0.15, -0.1) is 0 Å². The Labute approximate surface area is 166 Å². The molecule has 29 heavy (non-hydrogen) atoms. The van der Waals surface area contributed by atoms with E-state index in [1.165, 1.54) is 30.7 Å². The molecule has 9 heteroatoms. The minimum atomic E-state index is -0.288. The Morgan fingerprint density at radius 2 is 2.07 bits per heavy atom. The van der Waals surface area contributed by atoms with E-state index in [-0.39, 0.29) is 29.4 Å². The number of nitrogens with one attached hydrogen (secondary N) is 2. The first-order valence-electron chi connectivity index (χ1n) is 9.16. The number of benzene rings is 1. The molecule has 0 aliphatic carbocycles. The van der Waals surface area contributed by atoms with Gasteiger partial charge in [-0.3, -0.25) is 9.89 Å². The summed E-state index contributed by atoms with van der Waals surface area (Å²) in [7, 11) is 0. The number of amides is 1. The predicted molar refractivity (Wildman–Crippen MR) is 102 cm³/mol. The number of piperidine rings is 1. The summed E-state index contributed by atoms with van der Waals surface area (Å²) in [5.41, 5.74) is 1.72. The normalized spacial score (nSPS) is 18.8. The van der Waals surface area contributed by atoms with Crippen molar-refractivity contribution in [1.29, 1.82) is 5.26 Å². The standard InChI is InChI=1S/C20H18FN7O/c21-15-3-1-13(2-4-15)17-5-6-28(20(29)14-8-25-26-9-14)12-18(17)27-19-11-23-16(7-22)10-24-19/h1-4,8-11,17-18H,5-6,12H2,(H,24,27)(H,25,26)/t17-,18+/m0/s1. The summed E-state index contributed by atoms with van der Waals surface area (Å²) in [5, 5.41) is 18.7. The Morgan fingerprint density at radius 1 is 1.24 bits per heavy atom. The number of H-pyrrole nitrogens is 1. The van der Waals surface area contributed by atoms with Crippen LogP contribution in [-0.2, 0) is 0 Å². The largest absolute Gasteiger partial charge is 0.364 e. The van der Waals surface area contributed by atoms with E-state index in [9.17, 15) is 9.18 Å². The second-order valence-corrected chi connectivity index (χ2v) is 6.83. The van der Waals surface area contributed by atoms with Crippen LogP contribution in [0.25, 0.3) is 0 Å². The number of aromatic nitrogens is 4. The molecule has 4 rings (SSSR count). The molecule has 0 radical (unpaired) electrons. The van der Waals surface area contributed by atoms with Crippen LogP contribution in [0.5, 0.6) is 0 Å². The van der Waals surface area contributed by atoms with Gasteiger partial charge in [0.15, 0.2) is 5.69 Å². The number of nitriles is 1. The Bertz CT molecular complexity index is 1010. The van der Waals surface area contributed by atoms with Crippen LogP contribution in [0.2, 0.25) is 0 Å². The second-order valence-electron chi connectivity index (χ2n) is 6.83. The lowest BCUT2D eigenvalue weighted by Crippen LogP contribution is -2.49. The van der Waals surface area contributed by atoms with Crippen LogP contribution in [0.4, 0.5) is 10.2 Å². The predicted octanol–water partition coefficient (Wildman–Crippen LogP) is 2.32. The summed E-state index contributed by atoms with van der Waals surface area (Å²) in [6, 6.07) is 8.20. The molecule has 3 heterocycles. The van der Waals surface area contributed by atoms with Crippen molar-refractivity contribution in [3.05, 3.63) is 71.7 Å². The van der Waals surface area contributed by atoms with Gasteiger partial charge in [-0.05, 0) is 24.1 Å². The van der Waals surface area contributed by atoms with Gasteiger partial charge in [0.25, 0.3) is 5.91 Å². The van der Waals surface area contributed by atoms with Crippen molar-refractivity contribution in [3.8, 4) is 6.07 Å². The van der Waals surface area contributed by atoms with E-state index in [4.69, 9.17) is 5.26 Å². The zero-order valence-electron chi connectivity index (χ0n) is 15.4. The first kappa shape index (κ1) is 18.6. The third kappa shape index (κ3) is 4.06. The maximum Gasteiger partial charge on any atom is 0.257 e. The van der Waals surface area contributed by atoms with Gasteiger partial charge in [-0.25, -0.2) is 14.4 Å². The van der Waals surface area contributed by atoms with Crippen molar-refractivity contribution in [2.24, 2.45) is 0 Å². The van der Waals surface area contributed by atoms with E-state index in [1.54, 1.807) is 23.2 Å². The van der Waals surface area contributed by atoms with Crippen LogP contribution in [0.1, 0.15) is 34.0 Å². The number of nitrogens with zero attached hydrogens (tertiary/aromatic N) is 5. The van der Waals surface area contributed by atoms with Crippen LogP contribution >= 0.6 is 0 Å². The summed E-state index contributed by atoms with van der Waals surface area (Å²) in [6.07, 6.45) is 6.67. The molecule has 2 aromatic heterocycles. The van der Waals surface area contributed by atoms with Crippen molar-refractivity contribution in [2.45, 2.75) is 18.4 Å². The van der Waals surface area contributed by atoms with Crippen LogP contribution in [0, 0.1) is 17.1 Å². The Kier molecular flexibility index (Phi) is 5.16. The molecule has 2 atom stereocenters. The highest BCUT2D eigenvalue weighted by Gasteiger charge is 2.33. The molecule has 2 N–H and O–H groups in total. The fourth-order valence-corrected chi connectivity index (χ4v) is 3.59. The van der Waals surface area contributed by atoms with Crippen LogP contribution in [0.3, 0.4) is 0 Å². The fraction of sp³-hybridized carbons (Fsp3) is 0.250. The van der Waals surface area contributed by atoms with Crippen LogP contribution < -0.4 is 5.32 Å². The molecule has 3 aromatic rings. The first-order valence-corrected chi connectivity index (χ1v) is 9.16. The summed E-state index contributed by atoms with van der Waals surface area (Å²) in [6.45, 7) is 1.01. The molecule has 0 saturated carbocycles. The monoisotopic (exact) mass is 391 g/mol. The molecule has 146 valence electrons. The average Bonchev–Trinajstić information content (AvgIpc) is 3.29. The Balaban J connectivity index is 1.58. The molecule has 0 bridgehead atoms. The van der Waals surface area contributed by atoms with E-state index in [0.29, 0.717) is 30.9 Å². The Hall–Kier alpha value is -3.80. The molecule has 8 nitrogen and oxygen atoms in total. The SMILES string of the molecule is N#Cc1cnc(N[C@@H]2CN(C(=O)c3cn[nH]c3)CC[C@H]2c2ccc(F)cc2)cn1. The molecule has 0 unspecified atom stereocenters. The maximum absolute atomic E-state index is 13.4. The lowest BCUT2D eigenvalue weighted by molar-refractivity contribution is 0.0701. The quantitative estimate of drug-likeness (QED) is 0.706. The Morgan fingerprint density at radius 3 is 2.72 bits per heavy atom. The lowest BCUT2D eigenvalue weighted by Gasteiger charge is -2.39. The molecule has 1 amide bonds. The number of hydrogen-bond acceptors (Lipinski definition) is 6. The smallest absolute Gasteiger partial charge is 0.257 e. The number of carbonyl (C=O) groups excluding carboxylic acids is 1. The van der Waals surface area contributed by atoms with E-state index < -0.39 is 0 Å². The highest BCUT2D eigenvalue weighted by atomic mass is 19.1. The number of anilines is 1. The second kappa shape index (κ2) is 8.06. The minimum Gasteiger partial charge on any atom is -0.364 e. The number of carbonyl (C=O) groups is 1. The minimum absolute atomic E-state index is 0.0569. The zero-order chi connectivity index (χ0) is 20.2. The summed E-state index contributed by atoms with van der Waals surface area (Å²) in [4.78, 5) is 22.8. The number of likely N-dealkylation sites (tertiary alicyclic amines) is 1. The number of rotatable bonds is 4. The van der Waals surface area contributed by atoms with Crippen LogP contribution in [-0.4, -0.2) is 50.1 Å². The van der Waals surface area contributed by atoms with E-state index >= 15 is 0 Å². The van der Waals surface area contributed by atoms with Gasteiger partial charge in [-0.2, -0.15) is 10.4 Å². The molecule has 1 aliphatic rings. The maximum atomic E-state index is 13.4. The van der Waals surface area contributed by atoms with Gasteiger partial charge in [-0.1, -0.05) is 12.1 Å². The number of halogens is 1. The highest BCUT2D eigenvalue weighted by molar-refractivity contribution is 5.93. The molecular weight excluding hydrogens is 373 g/mol. The molecule has 1 saturated heterocycles. The van der Waals surface area contributed by atoms with Gasteiger partial charge >= 0.3 is 0 Å². The third-order valence-corrected chi connectivity index (χ3v) is 5.04. The summed E-state index contributed by atoms with van der Waals surface area (Å²) in [5.74, 6) is 0.179. The highest BCUT2D eigenvalue weighted by Crippen LogP contribution is 2.31. The van der Waals surface area contributed by atoms with E-state index in [0.717, 1.165) is 5.56 Å². The molecule has 1 aromatic carbocycles. The number of aromatic amines is 1. The zero-order valence-corrected chi connectivity index (χ0v) is 15.4. The molecule has 1 aliphatic heterocycles. The van der Waals surface area contributed by atoms with Crippen molar-refractivity contribution < 1.29 is 9.18 Å². The van der Waals surface area contributed by atoms with Gasteiger partial charge < -0.3 is 10.2 Å². The molecule has 0 spiro atoms.